The molecule has 0 aromatic rings. The van der Waals surface area contributed by atoms with Crippen LogP contribution in [0.1, 0.15) is 39.5 Å². The van der Waals surface area contributed by atoms with Crippen molar-refractivity contribution in [3.63, 3.8) is 0 Å². The molecule has 2 aliphatic rings. The minimum absolute atomic E-state index is 0.226. The van der Waals surface area contributed by atoms with Crippen LogP contribution in [0, 0.1) is 16.7 Å². The van der Waals surface area contributed by atoms with Crippen molar-refractivity contribution in [3.05, 3.63) is 12.7 Å². The number of hydrogen-bond donors (Lipinski definition) is 0. The molecule has 2 rings (SSSR count). The molecule has 0 radical (unpaired) electrons. The van der Waals surface area contributed by atoms with Crippen LogP contribution in [0.2, 0.25) is 0 Å². The van der Waals surface area contributed by atoms with Crippen LogP contribution in [0.15, 0.2) is 12.7 Å². The SMILES string of the molecule is C=CC1CC2(C)CCC(=O)CC12C. The Bertz CT molecular complexity index is 264. The third-order valence-corrected chi connectivity index (χ3v) is 4.67. The molecule has 0 spiro atoms. The van der Waals surface area contributed by atoms with E-state index >= 15 is 0 Å². The van der Waals surface area contributed by atoms with E-state index in [-0.39, 0.29) is 5.41 Å². The standard InChI is InChI=1S/C12H18O/c1-4-9-7-11(2)6-5-10(13)8-12(9,11)3/h4,9H,1,5-8H2,2-3H3. The van der Waals surface area contributed by atoms with Gasteiger partial charge < -0.3 is 0 Å². The lowest BCUT2D eigenvalue weighted by Crippen LogP contribution is -2.57. The number of hydrogen-bond acceptors (Lipinski definition) is 1. The van der Waals surface area contributed by atoms with Crippen molar-refractivity contribution in [2.75, 3.05) is 0 Å². The average Bonchev–Trinajstić information content (AvgIpc) is 2.08. The molecule has 0 heterocycles. The van der Waals surface area contributed by atoms with Gasteiger partial charge in [0.15, 0.2) is 0 Å². The summed E-state index contributed by atoms with van der Waals surface area (Å²) in [6.45, 7) is 8.46. The summed E-state index contributed by atoms with van der Waals surface area (Å²) < 4.78 is 0. The molecule has 2 saturated carbocycles. The molecule has 2 aliphatic carbocycles. The average molecular weight is 178 g/mol. The number of carbonyl (C=O) groups excluding carboxylic acids is 1. The zero-order chi connectivity index (χ0) is 9.69. The van der Waals surface area contributed by atoms with Crippen LogP contribution in [-0.4, -0.2) is 5.78 Å². The van der Waals surface area contributed by atoms with Crippen LogP contribution in [-0.2, 0) is 4.79 Å². The van der Waals surface area contributed by atoms with E-state index < -0.39 is 0 Å². The molecule has 0 aromatic heterocycles. The van der Waals surface area contributed by atoms with Crippen LogP contribution in [0.4, 0.5) is 0 Å². The van der Waals surface area contributed by atoms with Crippen molar-refractivity contribution in [3.8, 4) is 0 Å². The van der Waals surface area contributed by atoms with E-state index in [9.17, 15) is 4.79 Å². The summed E-state index contributed by atoms with van der Waals surface area (Å²) in [6.07, 6.45) is 5.95. The monoisotopic (exact) mass is 178 g/mol. The fraction of sp³-hybridized carbons (Fsp3) is 0.750. The second-order valence-corrected chi connectivity index (χ2v) is 5.24. The third-order valence-electron chi connectivity index (χ3n) is 4.67. The fourth-order valence-electron chi connectivity index (χ4n) is 3.25. The largest absolute Gasteiger partial charge is 0.300 e. The summed E-state index contributed by atoms with van der Waals surface area (Å²) in [5, 5.41) is 0. The predicted molar refractivity (Wildman–Crippen MR) is 53.4 cm³/mol. The van der Waals surface area contributed by atoms with Crippen LogP contribution in [0.3, 0.4) is 0 Å². The summed E-state index contributed by atoms with van der Waals surface area (Å²) in [4.78, 5) is 11.4. The maximum absolute atomic E-state index is 11.4. The van der Waals surface area contributed by atoms with Crippen LogP contribution < -0.4 is 0 Å². The molecule has 3 atom stereocenters. The normalized spacial score (nSPS) is 49.4. The molecule has 1 heteroatoms. The summed E-state index contributed by atoms with van der Waals surface area (Å²) in [5.41, 5.74) is 0.643. The highest BCUT2D eigenvalue weighted by Gasteiger charge is 2.60. The van der Waals surface area contributed by atoms with Gasteiger partial charge in [-0.05, 0) is 29.6 Å². The van der Waals surface area contributed by atoms with Gasteiger partial charge >= 0.3 is 0 Å². The lowest BCUT2D eigenvalue weighted by atomic mass is 9.40. The number of carbonyl (C=O) groups is 1. The second-order valence-electron chi connectivity index (χ2n) is 5.24. The Hall–Kier alpha value is -0.590. The molecule has 0 aromatic carbocycles. The number of ketones is 1. The minimum Gasteiger partial charge on any atom is -0.300 e. The van der Waals surface area contributed by atoms with E-state index in [4.69, 9.17) is 0 Å². The van der Waals surface area contributed by atoms with E-state index in [2.05, 4.69) is 20.4 Å². The Morgan fingerprint density at radius 1 is 1.54 bits per heavy atom. The van der Waals surface area contributed by atoms with Crippen molar-refractivity contribution in [2.24, 2.45) is 16.7 Å². The highest BCUT2D eigenvalue weighted by Crippen LogP contribution is 2.66. The van der Waals surface area contributed by atoms with Gasteiger partial charge in [-0.2, -0.15) is 0 Å². The molecule has 0 bridgehead atoms. The molecular weight excluding hydrogens is 160 g/mol. The van der Waals surface area contributed by atoms with E-state index in [0.29, 0.717) is 17.1 Å². The minimum atomic E-state index is 0.226. The molecule has 0 amide bonds. The molecule has 2 fully saturated rings. The maximum Gasteiger partial charge on any atom is 0.133 e. The first-order valence-corrected chi connectivity index (χ1v) is 5.16. The van der Waals surface area contributed by atoms with Crippen LogP contribution in [0.5, 0.6) is 0 Å². The van der Waals surface area contributed by atoms with Crippen molar-refractivity contribution in [1.82, 2.24) is 0 Å². The first-order chi connectivity index (χ1) is 6.02. The molecule has 1 nitrogen and oxygen atoms in total. The number of allylic oxidation sites excluding steroid dienone is 1. The number of Topliss-reactive ketones (excluding diaryl/α,β-unsaturated/α-hetero) is 1. The van der Waals surface area contributed by atoms with Crippen molar-refractivity contribution in [2.45, 2.75) is 39.5 Å². The molecule has 72 valence electrons. The second kappa shape index (κ2) is 2.46. The number of fused-ring (bicyclic) bond motifs is 1. The quantitative estimate of drug-likeness (QED) is 0.564. The van der Waals surface area contributed by atoms with Gasteiger partial charge in [0.2, 0.25) is 0 Å². The van der Waals surface area contributed by atoms with Crippen LogP contribution >= 0.6 is 0 Å². The fourth-order valence-corrected chi connectivity index (χ4v) is 3.25. The molecule has 0 saturated heterocycles. The Labute approximate surface area is 80.2 Å². The maximum atomic E-state index is 11.4. The van der Waals surface area contributed by atoms with Crippen molar-refractivity contribution >= 4 is 5.78 Å². The van der Waals surface area contributed by atoms with Gasteiger partial charge in [-0.3, -0.25) is 4.79 Å². The Morgan fingerprint density at radius 2 is 2.23 bits per heavy atom. The summed E-state index contributed by atoms with van der Waals surface area (Å²) in [5.74, 6) is 1.02. The third kappa shape index (κ3) is 0.962. The zero-order valence-electron chi connectivity index (χ0n) is 8.60. The van der Waals surface area contributed by atoms with Gasteiger partial charge in [0, 0.05) is 12.8 Å². The predicted octanol–water partition coefficient (Wildman–Crippen LogP) is 2.96. The van der Waals surface area contributed by atoms with Gasteiger partial charge in [0.05, 0.1) is 0 Å². The summed E-state index contributed by atoms with van der Waals surface area (Å²) in [7, 11) is 0. The molecule has 3 unspecified atom stereocenters. The van der Waals surface area contributed by atoms with Gasteiger partial charge in [-0.25, -0.2) is 0 Å². The topological polar surface area (TPSA) is 17.1 Å². The zero-order valence-corrected chi connectivity index (χ0v) is 8.60. The van der Waals surface area contributed by atoms with Gasteiger partial charge in [-0.1, -0.05) is 19.9 Å². The van der Waals surface area contributed by atoms with E-state index in [1.165, 1.54) is 6.42 Å². The lowest BCUT2D eigenvalue weighted by Gasteiger charge is -2.63. The molecular formula is C12H18O. The van der Waals surface area contributed by atoms with E-state index in [1.54, 1.807) is 0 Å². The Morgan fingerprint density at radius 3 is 2.85 bits per heavy atom. The van der Waals surface area contributed by atoms with E-state index in [1.807, 2.05) is 6.08 Å². The van der Waals surface area contributed by atoms with Crippen LogP contribution in [0.25, 0.3) is 0 Å². The summed E-state index contributed by atoms with van der Waals surface area (Å²) >= 11 is 0. The summed E-state index contributed by atoms with van der Waals surface area (Å²) in [6, 6.07) is 0. The lowest BCUT2D eigenvalue weighted by molar-refractivity contribution is -0.155. The van der Waals surface area contributed by atoms with E-state index in [0.717, 1.165) is 19.3 Å². The number of rotatable bonds is 1. The van der Waals surface area contributed by atoms with Crippen molar-refractivity contribution in [1.29, 1.82) is 0 Å². The Kier molecular flexibility index (Phi) is 1.70. The molecule has 13 heavy (non-hydrogen) atoms. The first kappa shape index (κ1) is 8.98. The first-order valence-electron chi connectivity index (χ1n) is 5.16. The van der Waals surface area contributed by atoms with Gasteiger partial charge in [0.25, 0.3) is 0 Å². The molecule has 0 N–H and O–H groups in total. The molecule has 0 aliphatic heterocycles. The Balaban J connectivity index is 2.26. The van der Waals surface area contributed by atoms with Gasteiger partial charge in [-0.15, -0.1) is 6.58 Å². The smallest absolute Gasteiger partial charge is 0.133 e. The highest BCUT2D eigenvalue weighted by molar-refractivity contribution is 5.80. The van der Waals surface area contributed by atoms with Gasteiger partial charge in [0.1, 0.15) is 5.78 Å². The highest BCUT2D eigenvalue weighted by atomic mass is 16.1. The van der Waals surface area contributed by atoms with Crippen molar-refractivity contribution < 1.29 is 4.79 Å².